The first kappa shape index (κ1) is 19.9. The van der Waals surface area contributed by atoms with Crippen molar-refractivity contribution in [1.29, 1.82) is 0 Å². The van der Waals surface area contributed by atoms with E-state index in [2.05, 4.69) is 15.1 Å². The zero-order valence-electron chi connectivity index (χ0n) is 17.2. The molecule has 0 saturated heterocycles. The van der Waals surface area contributed by atoms with Crippen molar-refractivity contribution < 1.29 is 8.42 Å². The van der Waals surface area contributed by atoms with Crippen LogP contribution in [0.25, 0.3) is 22.2 Å². The highest BCUT2D eigenvalue weighted by atomic mass is 32.2. The minimum absolute atomic E-state index is 0.0380. The summed E-state index contributed by atoms with van der Waals surface area (Å²) < 4.78 is 28.6. The van der Waals surface area contributed by atoms with E-state index in [1.54, 1.807) is 30.5 Å². The van der Waals surface area contributed by atoms with Crippen LogP contribution in [-0.4, -0.2) is 29.3 Å². The van der Waals surface area contributed by atoms with Crippen molar-refractivity contribution in [2.24, 2.45) is 5.10 Å². The van der Waals surface area contributed by atoms with Gasteiger partial charge in [0, 0.05) is 0 Å². The summed E-state index contributed by atoms with van der Waals surface area (Å²) in [6.45, 7) is 1.84. The number of aryl methyl sites for hydroxylation is 1. The quantitative estimate of drug-likeness (QED) is 0.421. The minimum atomic E-state index is -3.97. The molecule has 0 amide bonds. The highest BCUT2D eigenvalue weighted by Gasteiger charge is 2.30. The second-order valence-electron chi connectivity index (χ2n) is 7.39. The predicted molar refractivity (Wildman–Crippen MR) is 126 cm³/mol. The van der Waals surface area contributed by atoms with Crippen LogP contribution in [0.3, 0.4) is 0 Å². The van der Waals surface area contributed by atoms with Gasteiger partial charge in [-0.1, -0.05) is 54.6 Å². The third-order valence-electron chi connectivity index (χ3n) is 5.12. The number of rotatable bonds is 4. The van der Waals surface area contributed by atoms with Gasteiger partial charge in [-0.15, -0.1) is 0 Å². The SMILES string of the molecule is Cc1cccc(S(=O)(=O)c2c(N)n(N=Cc3ccccc3)c3nc4ccccc4nc23)c1. The van der Waals surface area contributed by atoms with E-state index in [0.717, 1.165) is 11.1 Å². The Hall–Kier alpha value is -4.04. The molecule has 2 N–H and O–H groups in total. The molecule has 0 radical (unpaired) electrons. The average molecular weight is 442 g/mol. The summed E-state index contributed by atoms with van der Waals surface area (Å²) in [6, 6.07) is 23.4. The lowest BCUT2D eigenvalue weighted by atomic mass is 10.2. The van der Waals surface area contributed by atoms with E-state index in [1.165, 1.54) is 4.68 Å². The molecule has 158 valence electrons. The van der Waals surface area contributed by atoms with Gasteiger partial charge >= 0.3 is 0 Å². The highest BCUT2D eigenvalue weighted by Crippen LogP contribution is 2.35. The van der Waals surface area contributed by atoms with Crippen LogP contribution in [0.2, 0.25) is 0 Å². The minimum Gasteiger partial charge on any atom is -0.382 e. The molecule has 8 heteroatoms. The van der Waals surface area contributed by atoms with Gasteiger partial charge in [0.2, 0.25) is 9.84 Å². The Kier molecular flexibility index (Phi) is 4.71. The summed E-state index contributed by atoms with van der Waals surface area (Å²) in [5.41, 5.74) is 9.72. The molecular weight excluding hydrogens is 422 g/mol. The molecule has 0 aliphatic heterocycles. The normalized spacial score (nSPS) is 12.2. The summed E-state index contributed by atoms with van der Waals surface area (Å²) in [5, 5.41) is 4.46. The van der Waals surface area contributed by atoms with Crippen molar-refractivity contribution in [2.45, 2.75) is 16.7 Å². The maximum atomic E-state index is 13.6. The summed E-state index contributed by atoms with van der Waals surface area (Å²) in [4.78, 5) is 9.30. The van der Waals surface area contributed by atoms with Crippen molar-refractivity contribution >= 4 is 44.1 Å². The first-order valence-electron chi connectivity index (χ1n) is 9.93. The van der Waals surface area contributed by atoms with Crippen LogP contribution in [0, 0.1) is 6.92 Å². The van der Waals surface area contributed by atoms with Gasteiger partial charge in [0.15, 0.2) is 5.65 Å². The fourth-order valence-electron chi connectivity index (χ4n) is 3.57. The molecule has 0 atom stereocenters. The lowest BCUT2D eigenvalue weighted by molar-refractivity contribution is 0.597. The summed E-state index contributed by atoms with van der Waals surface area (Å²) in [5.74, 6) is -0.0380. The lowest BCUT2D eigenvalue weighted by Gasteiger charge is -2.05. The monoisotopic (exact) mass is 441 g/mol. The van der Waals surface area contributed by atoms with E-state index in [9.17, 15) is 8.42 Å². The molecule has 0 fully saturated rings. The number of nitrogen functional groups attached to an aromatic ring is 1. The number of nitrogens with two attached hydrogens (primary N) is 1. The van der Waals surface area contributed by atoms with Gasteiger partial charge < -0.3 is 5.73 Å². The summed E-state index contributed by atoms with van der Waals surface area (Å²) in [6.07, 6.45) is 1.61. The molecular formula is C24H19N5O2S. The Labute approximate surface area is 184 Å². The van der Waals surface area contributed by atoms with Crippen LogP contribution in [0.15, 0.2) is 93.8 Å². The zero-order valence-corrected chi connectivity index (χ0v) is 18.0. The van der Waals surface area contributed by atoms with Gasteiger partial charge in [-0.05, 0) is 42.3 Å². The largest absolute Gasteiger partial charge is 0.382 e. The predicted octanol–water partition coefficient (Wildman–Crippen LogP) is 4.19. The van der Waals surface area contributed by atoms with Crippen LogP contribution >= 0.6 is 0 Å². The smallest absolute Gasteiger partial charge is 0.212 e. The van der Waals surface area contributed by atoms with E-state index >= 15 is 0 Å². The van der Waals surface area contributed by atoms with Crippen molar-refractivity contribution in [3.05, 3.63) is 90.0 Å². The number of sulfone groups is 1. The fourth-order valence-corrected chi connectivity index (χ4v) is 5.16. The Balaban J connectivity index is 1.82. The van der Waals surface area contributed by atoms with Crippen LogP contribution in [0.4, 0.5) is 5.82 Å². The molecule has 0 bridgehead atoms. The number of fused-ring (bicyclic) bond motifs is 2. The molecule has 5 aromatic rings. The fraction of sp³-hybridized carbons (Fsp3) is 0.0417. The molecule has 2 heterocycles. The van der Waals surface area contributed by atoms with Crippen molar-refractivity contribution in [3.8, 4) is 0 Å². The van der Waals surface area contributed by atoms with Gasteiger partial charge in [0.05, 0.1) is 22.1 Å². The molecule has 0 spiro atoms. The van der Waals surface area contributed by atoms with E-state index in [0.29, 0.717) is 11.0 Å². The maximum absolute atomic E-state index is 13.6. The average Bonchev–Trinajstić information content (AvgIpc) is 3.07. The Morgan fingerprint density at radius 3 is 2.31 bits per heavy atom. The summed E-state index contributed by atoms with van der Waals surface area (Å²) in [7, 11) is -3.97. The molecule has 32 heavy (non-hydrogen) atoms. The maximum Gasteiger partial charge on any atom is 0.212 e. The Morgan fingerprint density at radius 2 is 1.59 bits per heavy atom. The van der Waals surface area contributed by atoms with E-state index in [1.807, 2.05) is 61.5 Å². The topological polar surface area (TPSA) is 103 Å². The van der Waals surface area contributed by atoms with Crippen molar-refractivity contribution in [1.82, 2.24) is 14.6 Å². The zero-order chi connectivity index (χ0) is 22.3. The number of para-hydroxylation sites is 2. The standard InChI is InChI=1S/C24H19N5O2S/c1-16-8-7-11-18(14-16)32(30,31)22-21-24(28-20-13-6-5-12-19(20)27-21)29(23(22)25)26-15-17-9-3-2-4-10-17/h2-15H,25H2,1H3. The van der Waals surface area contributed by atoms with Crippen LogP contribution in [-0.2, 0) is 9.84 Å². The third kappa shape index (κ3) is 3.30. The molecule has 0 unspecified atom stereocenters. The first-order valence-corrected chi connectivity index (χ1v) is 11.4. The Morgan fingerprint density at radius 1 is 0.906 bits per heavy atom. The molecule has 0 saturated carbocycles. The van der Waals surface area contributed by atoms with Crippen LogP contribution < -0.4 is 5.73 Å². The Bertz CT molecular complexity index is 1610. The van der Waals surface area contributed by atoms with E-state index in [-0.39, 0.29) is 26.8 Å². The molecule has 5 rings (SSSR count). The van der Waals surface area contributed by atoms with Gasteiger partial charge in [0.1, 0.15) is 16.2 Å². The van der Waals surface area contributed by atoms with Crippen molar-refractivity contribution in [2.75, 3.05) is 5.73 Å². The highest BCUT2D eigenvalue weighted by molar-refractivity contribution is 7.92. The number of nitrogens with zero attached hydrogens (tertiary/aromatic N) is 4. The number of aromatic nitrogens is 3. The number of hydrogen-bond donors (Lipinski definition) is 1. The van der Waals surface area contributed by atoms with Gasteiger partial charge in [-0.3, -0.25) is 0 Å². The molecule has 0 aliphatic carbocycles. The van der Waals surface area contributed by atoms with Crippen LogP contribution in [0.1, 0.15) is 11.1 Å². The molecule has 2 aromatic heterocycles. The van der Waals surface area contributed by atoms with E-state index in [4.69, 9.17) is 5.73 Å². The third-order valence-corrected chi connectivity index (χ3v) is 6.93. The van der Waals surface area contributed by atoms with Gasteiger partial charge in [-0.2, -0.15) is 9.78 Å². The first-order chi connectivity index (χ1) is 15.4. The van der Waals surface area contributed by atoms with Gasteiger partial charge in [0.25, 0.3) is 0 Å². The molecule has 7 nitrogen and oxygen atoms in total. The second kappa shape index (κ2) is 7.58. The summed E-state index contributed by atoms with van der Waals surface area (Å²) >= 11 is 0. The van der Waals surface area contributed by atoms with Crippen LogP contribution in [0.5, 0.6) is 0 Å². The van der Waals surface area contributed by atoms with Gasteiger partial charge in [-0.25, -0.2) is 18.4 Å². The van der Waals surface area contributed by atoms with E-state index < -0.39 is 9.84 Å². The molecule has 3 aromatic carbocycles. The number of benzene rings is 3. The van der Waals surface area contributed by atoms with Crippen molar-refractivity contribution in [3.63, 3.8) is 0 Å². The molecule has 0 aliphatic rings. The lowest BCUT2D eigenvalue weighted by Crippen LogP contribution is -2.07. The second-order valence-corrected chi connectivity index (χ2v) is 9.27. The number of hydrogen-bond acceptors (Lipinski definition) is 6. The number of anilines is 1.